The van der Waals surface area contributed by atoms with Crippen LogP contribution >= 0.6 is 0 Å². The first-order valence-corrected chi connectivity index (χ1v) is 9.89. The molecular weight excluding hydrogens is 483 g/mol. The van der Waals surface area contributed by atoms with E-state index >= 15 is 0 Å². The van der Waals surface area contributed by atoms with Crippen LogP contribution in [0.1, 0.15) is 35.3 Å². The van der Waals surface area contributed by atoms with Crippen molar-refractivity contribution in [3.05, 3.63) is 23.5 Å². The van der Waals surface area contributed by atoms with Crippen LogP contribution < -0.4 is 32.7 Å². The Morgan fingerprint density at radius 1 is 1.20 bits per heavy atom. The average molecular weight is 505 g/mol. The summed E-state index contributed by atoms with van der Waals surface area (Å²) in [6.07, 6.45) is -8.09. The highest BCUT2D eigenvalue weighted by molar-refractivity contribution is 5.98. The molecule has 35 heavy (non-hydrogen) atoms. The number of nitrogens with one attached hydrogen (secondary N) is 4. The molecule has 0 saturated carbocycles. The molecule has 1 saturated heterocycles. The number of nitrogens with two attached hydrogens (primary N) is 2. The van der Waals surface area contributed by atoms with Crippen LogP contribution in [0.4, 0.5) is 18.9 Å². The molecule has 192 valence electrons. The van der Waals surface area contributed by atoms with Gasteiger partial charge < -0.3 is 31.9 Å². The van der Waals surface area contributed by atoms with Crippen LogP contribution in [0.3, 0.4) is 0 Å². The Labute approximate surface area is 194 Å². The number of hydrogen-bond donors (Lipinski definition) is 8. The average Bonchev–Trinajstić information content (AvgIpc) is 2.72. The molecule has 1 aromatic heterocycles. The Bertz CT molecular complexity index is 1020. The molecule has 14 nitrogen and oxygen atoms in total. The van der Waals surface area contributed by atoms with Crippen LogP contribution in [0.15, 0.2) is 12.3 Å². The molecule has 1 fully saturated rings. The van der Waals surface area contributed by atoms with E-state index in [1.807, 2.05) is 0 Å². The summed E-state index contributed by atoms with van der Waals surface area (Å²) in [6, 6.07) is -1.38. The van der Waals surface area contributed by atoms with E-state index < -0.39 is 96.5 Å². The molecule has 17 heteroatoms. The van der Waals surface area contributed by atoms with Crippen molar-refractivity contribution in [2.24, 2.45) is 17.4 Å². The van der Waals surface area contributed by atoms with Gasteiger partial charge >= 0.3 is 18.1 Å². The van der Waals surface area contributed by atoms with Gasteiger partial charge in [-0.05, 0) is 12.5 Å². The molecule has 0 spiro atoms. The standard InChI is InChI=1S/C18H22F3N7O7/c19-18(20,21)8-3-6(25-10(29)4-7-13(22)27-17(23)28-14(7)32)5-24-12(8)15(33)26-9(16(34)35)1-2-11(30)31/h3,5,7,9,13,17,27H,1-2,4,22-23H2,(H,25,29)(H,26,33)(H,28,32)(H,30,31)(H,34,35)/t7?,9-,13?,17?/m0/s1. The molecule has 1 aromatic rings. The predicted octanol–water partition coefficient (Wildman–Crippen LogP) is -1.66. The molecule has 0 aromatic carbocycles. The third-order valence-electron chi connectivity index (χ3n) is 4.79. The van der Waals surface area contributed by atoms with E-state index in [0.29, 0.717) is 6.07 Å². The number of aromatic nitrogens is 1. The number of carbonyl (C=O) groups excluding carboxylic acids is 3. The van der Waals surface area contributed by atoms with Crippen molar-refractivity contribution in [2.45, 2.75) is 43.9 Å². The van der Waals surface area contributed by atoms with Gasteiger partial charge in [0.1, 0.15) is 18.0 Å². The number of halogens is 3. The minimum absolute atomic E-state index is 0.405. The monoisotopic (exact) mass is 505 g/mol. The van der Waals surface area contributed by atoms with Gasteiger partial charge in [0, 0.05) is 12.8 Å². The van der Waals surface area contributed by atoms with E-state index in [-0.39, 0.29) is 0 Å². The number of hydrogen-bond acceptors (Lipinski definition) is 9. The lowest BCUT2D eigenvalue weighted by atomic mass is 9.98. The number of amides is 3. The van der Waals surface area contributed by atoms with Crippen LogP contribution in [-0.4, -0.2) is 63.4 Å². The van der Waals surface area contributed by atoms with Gasteiger partial charge in [-0.15, -0.1) is 0 Å². The number of carboxylic acids is 2. The molecular formula is C18H22F3N7O7. The second-order valence-corrected chi connectivity index (χ2v) is 7.45. The second kappa shape index (κ2) is 11.1. The van der Waals surface area contributed by atoms with Gasteiger partial charge in [-0.25, -0.2) is 9.78 Å². The number of alkyl halides is 3. The fourth-order valence-electron chi connectivity index (χ4n) is 3.10. The zero-order chi connectivity index (χ0) is 26.5. The summed E-state index contributed by atoms with van der Waals surface area (Å²) < 4.78 is 40.7. The second-order valence-electron chi connectivity index (χ2n) is 7.45. The number of pyridine rings is 1. The van der Waals surface area contributed by atoms with Crippen molar-refractivity contribution in [1.82, 2.24) is 20.9 Å². The molecule has 4 atom stereocenters. The summed E-state index contributed by atoms with van der Waals surface area (Å²) in [5, 5.41) is 26.6. The molecule has 0 aliphatic carbocycles. The van der Waals surface area contributed by atoms with Gasteiger partial charge in [0.25, 0.3) is 5.91 Å². The van der Waals surface area contributed by atoms with Crippen molar-refractivity contribution in [2.75, 3.05) is 5.32 Å². The normalized spacial score (nSPS) is 20.9. The highest BCUT2D eigenvalue weighted by Gasteiger charge is 2.38. The van der Waals surface area contributed by atoms with Gasteiger partial charge in [0.15, 0.2) is 0 Å². The fourth-order valence-corrected chi connectivity index (χ4v) is 3.10. The number of nitrogens with zero attached hydrogens (tertiary/aromatic N) is 1. The lowest BCUT2D eigenvalue weighted by Crippen LogP contribution is -2.67. The largest absolute Gasteiger partial charge is 0.481 e. The highest BCUT2D eigenvalue weighted by atomic mass is 19.4. The molecule has 0 bridgehead atoms. The third-order valence-corrected chi connectivity index (χ3v) is 4.79. The summed E-state index contributed by atoms with van der Waals surface area (Å²) in [5.74, 6) is -7.14. The zero-order valence-corrected chi connectivity index (χ0v) is 17.8. The molecule has 0 radical (unpaired) electrons. The van der Waals surface area contributed by atoms with Gasteiger partial charge in [0.05, 0.1) is 29.5 Å². The van der Waals surface area contributed by atoms with Crippen molar-refractivity contribution in [3.63, 3.8) is 0 Å². The van der Waals surface area contributed by atoms with Crippen LogP contribution in [0.25, 0.3) is 0 Å². The topological polar surface area (TPSA) is 239 Å². The first-order valence-electron chi connectivity index (χ1n) is 9.89. The minimum atomic E-state index is -5.13. The van der Waals surface area contributed by atoms with Gasteiger partial charge in [0.2, 0.25) is 11.8 Å². The summed E-state index contributed by atoms with van der Waals surface area (Å²) in [6.45, 7) is 0. The molecule has 2 heterocycles. The molecule has 3 amide bonds. The van der Waals surface area contributed by atoms with Gasteiger partial charge in [-0.1, -0.05) is 0 Å². The lowest BCUT2D eigenvalue weighted by molar-refractivity contribution is -0.140. The van der Waals surface area contributed by atoms with Crippen molar-refractivity contribution < 1.29 is 47.4 Å². The van der Waals surface area contributed by atoms with E-state index in [2.05, 4.69) is 20.9 Å². The molecule has 3 unspecified atom stereocenters. The Morgan fingerprint density at radius 2 is 1.86 bits per heavy atom. The van der Waals surface area contributed by atoms with E-state index in [1.54, 1.807) is 5.32 Å². The maximum absolute atomic E-state index is 13.6. The SMILES string of the molecule is NC1NC(=O)C(CC(=O)Nc2cnc(C(=O)N[C@@H](CCC(=O)O)C(=O)O)c(C(F)(F)F)c2)C(N)N1. The first kappa shape index (κ1) is 27.4. The van der Waals surface area contributed by atoms with Gasteiger partial charge in [-0.2, -0.15) is 13.2 Å². The van der Waals surface area contributed by atoms with Crippen molar-refractivity contribution in [3.8, 4) is 0 Å². The van der Waals surface area contributed by atoms with E-state index in [4.69, 9.17) is 21.7 Å². The zero-order valence-electron chi connectivity index (χ0n) is 17.8. The van der Waals surface area contributed by atoms with Crippen LogP contribution in [0.5, 0.6) is 0 Å². The molecule has 10 N–H and O–H groups in total. The Kier molecular flexibility index (Phi) is 8.67. The number of anilines is 1. The number of carbonyl (C=O) groups is 5. The van der Waals surface area contributed by atoms with E-state index in [0.717, 1.165) is 6.20 Å². The smallest absolute Gasteiger partial charge is 0.418 e. The van der Waals surface area contributed by atoms with Crippen molar-refractivity contribution in [1.29, 1.82) is 0 Å². The van der Waals surface area contributed by atoms with E-state index in [9.17, 15) is 37.1 Å². The predicted molar refractivity (Wildman–Crippen MR) is 109 cm³/mol. The summed E-state index contributed by atoms with van der Waals surface area (Å²) in [4.78, 5) is 61.8. The Morgan fingerprint density at radius 3 is 2.40 bits per heavy atom. The molecule has 1 aliphatic heterocycles. The van der Waals surface area contributed by atoms with E-state index in [1.165, 1.54) is 0 Å². The quantitative estimate of drug-likeness (QED) is 0.189. The van der Waals surface area contributed by atoms with Crippen molar-refractivity contribution >= 4 is 35.3 Å². The highest BCUT2D eigenvalue weighted by Crippen LogP contribution is 2.33. The summed E-state index contributed by atoms with van der Waals surface area (Å²) in [7, 11) is 0. The summed E-state index contributed by atoms with van der Waals surface area (Å²) >= 11 is 0. The maximum atomic E-state index is 13.6. The molecule has 2 rings (SSSR count). The lowest BCUT2D eigenvalue weighted by Gasteiger charge is -2.33. The number of aliphatic carboxylic acids is 2. The molecule has 1 aliphatic rings. The minimum Gasteiger partial charge on any atom is -0.481 e. The summed E-state index contributed by atoms with van der Waals surface area (Å²) in [5.41, 5.74) is 7.96. The maximum Gasteiger partial charge on any atom is 0.418 e. The Hall–Kier alpha value is -3.83. The van der Waals surface area contributed by atoms with Gasteiger partial charge in [-0.3, -0.25) is 30.2 Å². The number of rotatable bonds is 9. The van der Waals surface area contributed by atoms with Crippen LogP contribution in [-0.2, 0) is 25.4 Å². The first-order chi connectivity index (χ1) is 16.2. The fraction of sp³-hybridized carbons (Fsp3) is 0.444. The number of carboxylic acid groups (broad SMARTS) is 2. The third kappa shape index (κ3) is 7.59. The Balaban J connectivity index is 2.19. The van der Waals surface area contributed by atoms with Crippen LogP contribution in [0.2, 0.25) is 0 Å². The van der Waals surface area contributed by atoms with Crippen LogP contribution in [0, 0.1) is 5.92 Å².